The van der Waals surface area contributed by atoms with Crippen LogP contribution in [0.25, 0.3) is 0 Å². The maximum Gasteiger partial charge on any atom is 0.143 e. The predicted octanol–water partition coefficient (Wildman–Crippen LogP) is 4.78. The fourth-order valence-corrected chi connectivity index (χ4v) is 2.21. The van der Waals surface area contributed by atoms with Gasteiger partial charge in [-0.3, -0.25) is 0 Å². The van der Waals surface area contributed by atoms with Gasteiger partial charge in [0.15, 0.2) is 0 Å². The smallest absolute Gasteiger partial charge is 0.143 e. The molecule has 0 bridgehead atoms. The molecule has 0 saturated carbocycles. The zero-order valence-corrected chi connectivity index (χ0v) is 11.4. The van der Waals surface area contributed by atoms with E-state index in [1.165, 1.54) is 23.9 Å². The number of benzene rings is 2. The molecule has 94 valence electrons. The monoisotopic (exact) mass is 282 g/mol. The van der Waals surface area contributed by atoms with Gasteiger partial charge in [0.1, 0.15) is 18.2 Å². The van der Waals surface area contributed by atoms with Gasteiger partial charge in [0.05, 0.1) is 9.92 Å². The van der Waals surface area contributed by atoms with Crippen LogP contribution in [0.15, 0.2) is 47.4 Å². The Bertz CT molecular complexity index is 531. The molecule has 0 unspecified atom stereocenters. The van der Waals surface area contributed by atoms with E-state index >= 15 is 0 Å². The first kappa shape index (κ1) is 13.2. The number of thioether (sulfide) groups is 1. The summed E-state index contributed by atoms with van der Waals surface area (Å²) in [5.41, 5.74) is 1.06. The van der Waals surface area contributed by atoms with Crippen LogP contribution in [0.1, 0.15) is 5.56 Å². The Morgan fingerprint density at radius 3 is 2.61 bits per heavy atom. The Kier molecular flexibility index (Phi) is 4.50. The van der Waals surface area contributed by atoms with Gasteiger partial charge in [0.2, 0.25) is 0 Å². The summed E-state index contributed by atoms with van der Waals surface area (Å²) in [6, 6.07) is 12.7. The molecule has 0 saturated heterocycles. The minimum Gasteiger partial charge on any atom is -0.488 e. The maximum absolute atomic E-state index is 13.3. The van der Waals surface area contributed by atoms with Crippen LogP contribution in [-0.2, 0) is 6.61 Å². The second kappa shape index (κ2) is 6.12. The third kappa shape index (κ3) is 3.18. The highest BCUT2D eigenvalue weighted by Crippen LogP contribution is 2.33. The van der Waals surface area contributed by atoms with Crippen LogP contribution in [-0.4, -0.2) is 6.26 Å². The lowest BCUT2D eigenvalue weighted by Crippen LogP contribution is -1.97. The minimum atomic E-state index is -0.423. The molecular formula is C14H12ClFOS. The van der Waals surface area contributed by atoms with Crippen LogP contribution < -0.4 is 4.74 Å². The van der Waals surface area contributed by atoms with E-state index in [1.807, 2.05) is 36.6 Å². The summed E-state index contributed by atoms with van der Waals surface area (Å²) in [7, 11) is 0. The number of hydrogen-bond acceptors (Lipinski definition) is 2. The van der Waals surface area contributed by atoms with Crippen molar-refractivity contribution in [3.05, 3.63) is 58.9 Å². The van der Waals surface area contributed by atoms with Crippen LogP contribution in [0.5, 0.6) is 5.75 Å². The van der Waals surface area contributed by atoms with Gasteiger partial charge in [-0.2, -0.15) is 0 Å². The van der Waals surface area contributed by atoms with E-state index in [4.69, 9.17) is 16.3 Å². The molecule has 0 spiro atoms. The van der Waals surface area contributed by atoms with Gasteiger partial charge in [-0.25, -0.2) is 4.39 Å². The van der Waals surface area contributed by atoms with Gasteiger partial charge < -0.3 is 4.74 Å². The fourth-order valence-electron chi connectivity index (χ4n) is 1.52. The molecule has 0 atom stereocenters. The van der Waals surface area contributed by atoms with Crippen LogP contribution >= 0.6 is 23.4 Å². The Hall–Kier alpha value is -1.19. The van der Waals surface area contributed by atoms with Crippen molar-refractivity contribution in [1.29, 1.82) is 0 Å². The average molecular weight is 283 g/mol. The average Bonchev–Trinajstić information content (AvgIpc) is 2.41. The first-order valence-corrected chi connectivity index (χ1v) is 7.00. The zero-order valence-electron chi connectivity index (χ0n) is 9.82. The highest BCUT2D eigenvalue weighted by atomic mass is 35.5. The highest BCUT2D eigenvalue weighted by molar-refractivity contribution is 7.98. The number of ether oxygens (including phenoxy) is 1. The Labute approximate surface area is 115 Å². The molecule has 2 aromatic rings. The molecule has 2 aromatic carbocycles. The second-order valence-corrected chi connectivity index (χ2v) is 4.95. The van der Waals surface area contributed by atoms with Gasteiger partial charge in [0.25, 0.3) is 0 Å². The quantitative estimate of drug-likeness (QED) is 0.746. The third-order valence-electron chi connectivity index (χ3n) is 2.44. The molecule has 0 aliphatic rings. The largest absolute Gasteiger partial charge is 0.488 e. The molecular weight excluding hydrogens is 271 g/mol. The Morgan fingerprint density at radius 2 is 1.94 bits per heavy atom. The van der Waals surface area contributed by atoms with Gasteiger partial charge in [-0.05, 0) is 17.9 Å². The molecule has 0 aromatic heterocycles. The first-order valence-electron chi connectivity index (χ1n) is 5.40. The van der Waals surface area contributed by atoms with E-state index in [1.54, 1.807) is 0 Å². The molecule has 0 radical (unpaired) electrons. The Morgan fingerprint density at radius 1 is 1.22 bits per heavy atom. The minimum absolute atomic E-state index is 0.0795. The lowest BCUT2D eigenvalue weighted by Gasteiger charge is -2.11. The van der Waals surface area contributed by atoms with E-state index in [2.05, 4.69) is 0 Å². The summed E-state index contributed by atoms with van der Waals surface area (Å²) < 4.78 is 19.0. The molecule has 0 aliphatic heterocycles. The van der Waals surface area contributed by atoms with Crippen molar-refractivity contribution < 1.29 is 9.13 Å². The molecule has 0 heterocycles. The fraction of sp³-hybridized carbons (Fsp3) is 0.143. The van der Waals surface area contributed by atoms with Crippen molar-refractivity contribution in [2.45, 2.75) is 11.5 Å². The topological polar surface area (TPSA) is 9.23 Å². The molecule has 1 nitrogen and oxygen atoms in total. The summed E-state index contributed by atoms with van der Waals surface area (Å²) in [5.74, 6) is 0.186. The summed E-state index contributed by atoms with van der Waals surface area (Å²) in [4.78, 5) is 0.743. The normalized spacial score (nSPS) is 10.4. The van der Waals surface area contributed by atoms with Gasteiger partial charge in [-0.15, -0.1) is 11.8 Å². The Balaban J connectivity index is 2.16. The van der Waals surface area contributed by atoms with Crippen molar-refractivity contribution in [2.75, 3.05) is 6.26 Å². The van der Waals surface area contributed by atoms with Crippen LogP contribution in [0.2, 0.25) is 5.02 Å². The summed E-state index contributed by atoms with van der Waals surface area (Å²) >= 11 is 7.19. The first-order chi connectivity index (χ1) is 8.70. The molecule has 18 heavy (non-hydrogen) atoms. The van der Waals surface area contributed by atoms with Crippen molar-refractivity contribution in [2.24, 2.45) is 0 Å². The molecule has 0 aliphatic carbocycles. The van der Waals surface area contributed by atoms with Gasteiger partial charge >= 0.3 is 0 Å². The molecule has 2 rings (SSSR count). The number of rotatable bonds is 4. The summed E-state index contributed by atoms with van der Waals surface area (Å²) in [6.07, 6.45) is 1.87. The van der Waals surface area contributed by atoms with E-state index in [-0.39, 0.29) is 5.02 Å². The third-order valence-corrected chi connectivity index (χ3v) is 3.49. The van der Waals surface area contributed by atoms with Gasteiger partial charge in [-0.1, -0.05) is 41.9 Å². The van der Waals surface area contributed by atoms with E-state index < -0.39 is 5.82 Å². The molecule has 0 fully saturated rings. The van der Waals surface area contributed by atoms with Crippen LogP contribution in [0.3, 0.4) is 0 Å². The van der Waals surface area contributed by atoms with Crippen molar-refractivity contribution >= 4 is 23.4 Å². The lowest BCUT2D eigenvalue weighted by atomic mass is 10.2. The second-order valence-electron chi connectivity index (χ2n) is 3.69. The maximum atomic E-state index is 13.3. The van der Waals surface area contributed by atoms with Crippen molar-refractivity contribution in [3.8, 4) is 5.75 Å². The van der Waals surface area contributed by atoms with Crippen LogP contribution in [0.4, 0.5) is 4.39 Å². The van der Waals surface area contributed by atoms with E-state index in [0.717, 1.165) is 10.5 Å². The zero-order chi connectivity index (χ0) is 13.0. The van der Waals surface area contributed by atoms with Gasteiger partial charge in [0, 0.05) is 6.07 Å². The van der Waals surface area contributed by atoms with Crippen molar-refractivity contribution in [1.82, 2.24) is 0 Å². The number of hydrogen-bond donors (Lipinski definition) is 0. The standard InChI is InChI=1S/C14H12ClFOS/c1-18-14-8-12(16)11(15)7-13(14)17-9-10-5-3-2-4-6-10/h2-8H,9H2,1H3. The summed E-state index contributed by atoms with van der Waals surface area (Å²) in [6.45, 7) is 0.441. The molecule has 0 amide bonds. The SMILES string of the molecule is CSc1cc(F)c(Cl)cc1OCc1ccccc1. The summed E-state index contributed by atoms with van der Waals surface area (Å²) in [5, 5.41) is 0.0795. The van der Waals surface area contributed by atoms with E-state index in [0.29, 0.717) is 12.4 Å². The predicted molar refractivity (Wildman–Crippen MR) is 74.0 cm³/mol. The molecule has 4 heteroatoms. The van der Waals surface area contributed by atoms with E-state index in [9.17, 15) is 4.39 Å². The lowest BCUT2D eigenvalue weighted by molar-refractivity contribution is 0.298. The van der Waals surface area contributed by atoms with Crippen LogP contribution in [0, 0.1) is 5.82 Å². The highest BCUT2D eigenvalue weighted by Gasteiger charge is 2.09. The number of halogens is 2. The molecule has 0 N–H and O–H groups in total. The van der Waals surface area contributed by atoms with Crippen molar-refractivity contribution in [3.63, 3.8) is 0 Å².